The van der Waals surface area contributed by atoms with Crippen LogP contribution in [0.25, 0.3) is 0 Å². The van der Waals surface area contributed by atoms with Gasteiger partial charge in [0.2, 0.25) is 0 Å². The summed E-state index contributed by atoms with van der Waals surface area (Å²) < 4.78 is 10.4. The first-order valence-corrected chi connectivity index (χ1v) is 7.47. The molecule has 2 N–H and O–H groups in total. The fourth-order valence-corrected chi connectivity index (χ4v) is 2.34. The molecule has 0 aliphatic rings. The third-order valence-electron chi connectivity index (χ3n) is 3.45. The van der Waals surface area contributed by atoms with Crippen LogP contribution in [-0.4, -0.2) is 33.4 Å². The zero-order valence-corrected chi connectivity index (χ0v) is 13.4. The van der Waals surface area contributed by atoms with Crippen molar-refractivity contribution in [2.24, 2.45) is 0 Å². The van der Waals surface area contributed by atoms with Gasteiger partial charge in [0.1, 0.15) is 5.75 Å². The van der Waals surface area contributed by atoms with Crippen molar-refractivity contribution in [2.75, 3.05) is 27.4 Å². The molecule has 1 atom stereocenters. The van der Waals surface area contributed by atoms with Crippen LogP contribution in [0.3, 0.4) is 0 Å². The summed E-state index contributed by atoms with van der Waals surface area (Å²) in [5.74, 6) is 0.735. The van der Waals surface area contributed by atoms with Crippen LogP contribution in [0, 0.1) is 0 Å². The number of para-hydroxylation sites is 1. The van der Waals surface area contributed by atoms with Crippen LogP contribution < -0.4 is 15.4 Å². The van der Waals surface area contributed by atoms with Crippen LogP contribution in [-0.2, 0) is 4.74 Å². The number of carbonyl (C=O) groups is 1. The van der Waals surface area contributed by atoms with Gasteiger partial charge in [-0.25, -0.2) is 4.79 Å². The van der Waals surface area contributed by atoms with Crippen molar-refractivity contribution in [3.63, 3.8) is 0 Å². The van der Waals surface area contributed by atoms with E-state index in [0.29, 0.717) is 13.2 Å². The first kappa shape index (κ1) is 16.8. The Kier molecular flexibility index (Phi) is 6.44. The summed E-state index contributed by atoms with van der Waals surface area (Å²) in [5, 5.41) is 5.77. The number of rotatable bonds is 7. The Morgan fingerprint density at radius 2 is 1.74 bits per heavy atom. The highest BCUT2D eigenvalue weighted by atomic mass is 16.5. The third kappa shape index (κ3) is 4.72. The van der Waals surface area contributed by atoms with E-state index in [4.69, 9.17) is 9.47 Å². The first-order valence-electron chi connectivity index (χ1n) is 7.47. The number of ether oxygens (including phenoxy) is 2. The monoisotopic (exact) mass is 314 g/mol. The van der Waals surface area contributed by atoms with Gasteiger partial charge in [-0.15, -0.1) is 0 Å². The number of methoxy groups -OCH3 is 2. The van der Waals surface area contributed by atoms with E-state index in [1.807, 2.05) is 54.6 Å². The lowest BCUT2D eigenvalue weighted by atomic mass is 9.98. The van der Waals surface area contributed by atoms with E-state index in [1.54, 1.807) is 14.2 Å². The summed E-state index contributed by atoms with van der Waals surface area (Å²) in [6, 6.07) is 16.9. The standard InChI is InChI=1S/C18H22N2O3/c1-22-13-12-19-18(21)20-17(14-8-4-3-5-9-14)15-10-6-7-11-16(15)23-2/h3-11,17H,12-13H2,1-2H3,(H2,19,20,21)/t17-/m0/s1. The predicted molar refractivity (Wildman–Crippen MR) is 89.7 cm³/mol. The van der Waals surface area contributed by atoms with Gasteiger partial charge in [0, 0.05) is 19.2 Å². The van der Waals surface area contributed by atoms with Gasteiger partial charge in [-0.05, 0) is 11.6 Å². The molecule has 0 spiro atoms. The molecule has 2 aromatic carbocycles. The highest BCUT2D eigenvalue weighted by Crippen LogP contribution is 2.29. The molecule has 5 heteroatoms. The Bertz CT molecular complexity index is 617. The van der Waals surface area contributed by atoms with E-state index in [9.17, 15) is 4.79 Å². The van der Waals surface area contributed by atoms with Crippen molar-refractivity contribution in [1.29, 1.82) is 0 Å². The lowest BCUT2D eigenvalue weighted by Crippen LogP contribution is -2.39. The van der Waals surface area contributed by atoms with Gasteiger partial charge in [-0.2, -0.15) is 0 Å². The largest absolute Gasteiger partial charge is 0.496 e. The van der Waals surface area contributed by atoms with Crippen molar-refractivity contribution >= 4 is 6.03 Å². The smallest absolute Gasteiger partial charge is 0.315 e. The molecule has 0 aliphatic heterocycles. The van der Waals surface area contributed by atoms with Gasteiger partial charge >= 0.3 is 6.03 Å². The molecular formula is C18H22N2O3. The molecule has 2 rings (SSSR count). The second-order valence-corrected chi connectivity index (χ2v) is 4.98. The molecule has 0 fully saturated rings. The maximum atomic E-state index is 12.2. The molecule has 0 radical (unpaired) electrons. The Morgan fingerprint density at radius 3 is 2.43 bits per heavy atom. The lowest BCUT2D eigenvalue weighted by molar-refractivity contribution is 0.195. The SMILES string of the molecule is COCCNC(=O)N[C@@H](c1ccccc1)c1ccccc1OC. The minimum Gasteiger partial charge on any atom is -0.496 e. The molecule has 0 heterocycles. The first-order chi connectivity index (χ1) is 11.3. The second kappa shape index (κ2) is 8.80. The molecule has 2 amide bonds. The number of hydrogen-bond acceptors (Lipinski definition) is 3. The summed E-state index contributed by atoms with van der Waals surface area (Å²) in [4.78, 5) is 12.2. The summed E-state index contributed by atoms with van der Waals surface area (Å²) in [7, 11) is 3.22. The Hall–Kier alpha value is -2.53. The summed E-state index contributed by atoms with van der Waals surface area (Å²) >= 11 is 0. The van der Waals surface area contributed by atoms with E-state index >= 15 is 0 Å². The van der Waals surface area contributed by atoms with Crippen LogP contribution >= 0.6 is 0 Å². The minimum absolute atomic E-state index is 0.248. The fraction of sp³-hybridized carbons (Fsp3) is 0.278. The molecular weight excluding hydrogens is 292 g/mol. The third-order valence-corrected chi connectivity index (χ3v) is 3.45. The summed E-state index contributed by atoms with van der Waals surface area (Å²) in [5.41, 5.74) is 1.89. The molecule has 5 nitrogen and oxygen atoms in total. The lowest BCUT2D eigenvalue weighted by Gasteiger charge is -2.22. The van der Waals surface area contributed by atoms with Gasteiger partial charge in [0.15, 0.2) is 0 Å². The van der Waals surface area contributed by atoms with Crippen LogP contribution in [0.4, 0.5) is 4.79 Å². The molecule has 0 unspecified atom stereocenters. The summed E-state index contributed by atoms with van der Waals surface area (Å²) in [6.07, 6.45) is 0. The van der Waals surface area contributed by atoms with Crippen LogP contribution in [0.1, 0.15) is 17.2 Å². The Balaban J connectivity index is 2.24. The highest BCUT2D eigenvalue weighted by Gasteiger charge is 2.19. The quantitative estimate of drug-likeness (QED) is 0.773. The highest BCUT2D eigenvalue weighted by molar-refractivity contribution is 5.75. The molecule has 0 saturated heterocycles. The van der Waals surface area contributed by atoms with Gasteiger partial charge in [0.05, 0.1) is 19.8 Å². The number of carbonyl (C=O) groups excluding carboxylic acids is 1. The normalized spacial score (nSPS) is 11.6. The van der Waals surface area contributed by atoms with Gasteiger partial charge < -0.3 is 20.1 Å². The average Bonchev–Trinajstić information content (AvgIpc) is 2.60. The molecule has 2 aromatic rings. The number of benzene rings is 2. The van der Waals surface area contributed by atoms with Crippen LogP contribution in [0.2, 0.25) is 0 Å². The maximum absolute atomic E-state index is 12.2. The van der Waals surface area contributed by atoms with E-state index in [2.05, 4.69) is 10.6 Å². The number of nitrogens with one attached hydrogen (secondary N) is 2. The van der Waals surface area contributed by atoms with E-state index < -0.39 is 0 Å². The molecule has 0 aromatic heterocycles. The van der Waals surface area contributed by atoms with E-state index in [1.165, 1.54) is 0 Å². The Morgan fingerprint density at radius 1 is 1.04 bits per heavy atom. The number of urea groups is 1. The minimum atomic E-state index is -0.296. The van der Waals surface area contributed by atoms with Crippen LogP contribution in [0.15, 0.2) is 54.6 Å². The van der Waals surface area contributed by atoms with Crippen molar-refractivity contribution < 1.29 is 14.3 Å². The van der Waals surface area contributed by atoms with Crippen molar-refractivity contribution in [1.82, 2.24) is 10.6 Å². The number of hydrogen-bond donors (Lipinski definition) is 2. The van der Waals surface area contributed by atoms with Gasteiger partial charge in [-0.3, -0.25) is 0 Å². The fourth-order valence-electron chi connectivity index (χ4n) is 2.34. The maximum Gasteiger partial charge on any atom is 0.315 e. The molecule has 23 heavy (non-hydrogen) atoms. The van der Waals surface area contributed by atoms with Crippen molar-refractivity contribution in [3.8, 4) is 5.75 Å². The zero-order chi connectivity index (χ0) is 16.5. The second-order valence-electron chi connectivity index (χ2n) is 4.98. The summed E-state index contributed by atoms with van der Waals surface area (Å²) in [6.45, 7) is 0.924. The average molecular weight is 314 g/mol. The predicted octanol–water partition coefficient (Wildman–Crippen LogP) is 2.73. The van der Waals surface area contributed by atoms with Crippen molar-refractivity contribution in [3.05, 3.63) is 65.7 Å². The zero-order valence-electron chi connectivity index (χ0n) is 13.4. The van der Waals surface area contributed by atoms with E-state index in [-0.39, 0.29) is 12.1 Å². The number of amides is 2. The topological polar surface area (TPSA) is 59.6 Å². The molecule has 122 valence electrons. The van der Waals surface area contributed by atoms with Crippen molar-refractivity contribution in [2.45, 2.75) is 6.04 Å². The van der Waals surface area contributed by atoms with E-state index in [0.717, 1.165) is 16.9 Å². The molecule has 0 bridgehead atoms. The van der Waals surface area contributed by atoms with Crippen LogP contribution in [0.5, 0.6) is 5.75 Å². The van der Waals surface area contributed by atoms with Gasteiger partial charge in [-0.1, -0.05) is 48.5 Å². The van der Waals surface area contributed by atoms with Gasteiger partial charge in [0.25, 0.3) is 0 Å². The molecule has 0 aliphatic carbocycles. The molecule has 0 saturated carbocycles. The Labute approximate surface area is 136 Å².